The second-order valence-corrected chi connectivity index (χ2v) is 4.68. The zero-order valence-corrected chi connectivity index (χ0v) is 11.9. The summed E-state index contributed by atoms with van der Waals surface area (Å²) < 4.78 is 5.18. The molecule has 0 aliphatic heterocycles. The van der Waals surface area contributed by atoms with Gasteiger partial charge in [0.25, 0.3) is 0 Å². The third-order valence-corrected chi connectivity index (χ3v) is 3.36. The van der Waals surface area contributed by atoms with Gasteiger partial charge in [-0.1, -0.05) is 25.1 Å². The molecule has 3 heteroatoms. The molecule has 0 aromatic heterocycles. The molecule has 1 aromatic rings. The monoisotopic (exact) mass is 251 g/mol. The highest BCUT2D eigenvalue weighted by Gasteiger charge is 2.17. The number of para-hydroxylation sites is 1. The SMILES string of the molecule is CCC(C)N(CCOC)c1ccccc1[C@H](C)O. The summed E-state index contributed by atoms with van der Waals surface area (Å²) in [4.78, 5) is 2.31. The van der Waals surface area contributed by atoms with Crippen molar-refractivity contribution in [2.24, 2.45) is 0 Å². The first-order chi connectivity index (χ1) is 8.61. The molecule has 0 heterocycles. The highest BCUT2D eigenvalue weighted by Crippen LogP contribution is 2.28. The number of methoxy groups -OCH3 is 1. The van der Waals surface area contributed by atoms with Gasteiger partial charge in [-0.2, -0.15) is 0 Å². The molecule has 0 radical (unpaired) electrons. The van der Waals surface area contributed by atoms with E-state index in [1.54, 1.807) is 7.11 Å². The molecule has 1 unspecified atom stereocenters. The summed E-state index contributed by atoms with van der Waals surface area (Å²) in [5.74, 6) is 0. The third kappa shape index (κ3) is 3.72. The van der Waals surface area contributed by atoms with Crippen LogP contribution in [0.2, 0.25) is 0 Å². The fourth-order valence-corrected chi connectivity index (χ4v) is 2.09. The first kappa shape index (κ1) is 15.0. The normalized spacial score (nSPS) is 14.3. The Hall–Kier alpha value is -1.06. The van der Waals surface area contributed by atoms with Crippen LogP contribution in [0.15, 0.2) is 24.3 Å². The number of rotatable bonds is 7. The highest BCUT2D eigenvalue weighted by molar-refractivity contribution is 5.55. The zero-order valence-electron chi connectivity index (χ0n) is 11.9. The lowest BCUT2D eigenvalue weighted by atomic mass is 10.1. The lowest BCUT2D eigenvalue weighted by Crippen LogP contribution is -2.36. The summed E-state index contributed by atoms with van der Waals surface area (Å²) in [6.45, 7) is 7.72. The molecule has 18 heavy (non-hydrogen) atoms. The molecule has 0 amide bonds. The Morgan fingerprint density at radius 2 is 1.94 bits per heavy atom. The van der Waals surface area contributed by atoms with E-state index in [-0.39, 0.29) is 0 Å². The molecule has 0 fully saturated rings. The summed E-state index contributed by atoms with van der Waals surface area (Å²) >= 11 is 0. The highest BCUT2D eigenvalue weighted by atomic mass is 16.5. The van der Waals surface area contributed by atoms with E-state index < -0.39 is 6.10 Å². The number of ether oxygens (including phenoxy) is 1. The van der Waals surface area contributed by atoms with Gasteiger partial charge in [0, 0.05) is 30.9 Å². The average Bonchev–Trinajstić information content (AvgIpc) is 2.39. The van der Waals surface area contributed by atoms with E-state index >= 15 is 0 Å². The van der Waals surface area contributed by atoms with E-state index in [2.05, 4.69) is 24.8 Å². The van der Waals surface area contributed by atoms with Gasteiger partial charge in [0.2, 0.25) is 0 Å². The lowest BCUT2D eigenvalue weighted by molar-refractivity contribution is 0.196. The number of nitrogens with zero attached hydrogens (tertiary/aromatic N) is 1. The summed E-state index contributed by atoms with van der Waals surface area (Å²) in [5.41, 5.74) is 2.09. The van der Waals surface area contributed by atoms with Crippen LogP contribution in [0, 0.1) is 0 Å². The van der Waals surface area contributed by atoms with Crippen molar-refractivity contribution >= 4 is 5.69 Å². The minimum absolute atomic E-state index is 0.431. The molecule has 0 aliphatic rings. The van der Waals surface area contributed by atoms with Gasteiger partial charge in [-0.25, -0.2) is 0 Å². The number of aliphatic hydroxyl groups is 1. The summed E-state index contributed by atoms with van der Waals surface area (Å²) in [5, 5.41) is 9.88. The summed E-state index contributed by atoms with van der Waals surface area (Å²) in [6.07, 6.45) is 0.619. The third-order valence-electron chi connectivity index (χ3n) is 3.36. The van der Waals surface area contributed by atoms with Crippen molar-refractivity contribution in [1.82, 2.24) is 0 Å². The fourth-order valence-electron chi connectivity index (χ4n) is 2.09. The smallest absolute Gasteiger partial charge is 0.0781 e. The molecule has 0 aliphatic carbocycles. The maximum atomic E-state index is 9.88. The quantitative estimate of drug-likeness (QED) is 0.808. The number of anilines is 1. The second-order valence-electron chi connectivity index (χ2n) is 4.68. The molecule has 102 valence electrons. The Balaban J connectivity index is 3.03. The van der Waals surface area contributed by atoms with E-state index in [4.69, 9.17) is 4.74 Å². The second kappa shape index (κ2) is 7.39. The Kier molecular flexibility index (Phi) is 6.16. The molecular formula is C15H25NO2. The van der Waals surface area contributed by atoms with Gasteiger partial charge < -0.3 is 14.7 Å². The van der Waals surface area contributed by atoms with Crippen LogP contribution < -0.4 is 4.90 Å². The topological polar surface area (TPSA) is 32.7 Å². The molecule has 0 spiro atoms. The van der Waals surface area contributed by atoms with Crippen molar-refractivity contribution in [1.29, 1.82) is 0 Å². The van der Waals surface area contributed by atoms with Gasteiger partial charge in [-0.05, 0) is 26.3 Å². The number of benzene rings is 1. The van der Waals surface area contributed by atoms with Gasteiger partial charge in [0.15, 0.2) is 0 Å². The Morgan fingerprint density at radius 1 is 1.28 bits per heavy atom. The van der Waals surface area contributed by atoms with Crippen LogP contribution in [0.5, 0.6) is 0 Å². The van der Waals surface area contributed by atoms with Crippen molar-refractivity contribution in [3.05, 3.63) is 29.8 Å². The molecule has 0 saturated heterocycles. The molecule has 1 rings (SSSR count). The van der Waals surface area contributed by atoms with Crippen LogP contribution in [-0.4, -0.2) is 31.4 Å². The van der Waals surface area contributed by atoms with E-state index in [0.29, 0.717) is 12.6 Å². The fraction of sp³-hybridized carbons (Fsp3) is 0.600. The largest absolute Gasteiger partial charge is 0.389 e. The first-order valence-corrected chi connectivity index (χ1v) is 6.64. The van der Waals surface area contributed by atoms with Crippen LogP contribution in [0.25, 0.3) is 0 Å². The number of hydrogen-bond donors (Lipinski definition) is 1. The predicted molar refractivity (Wildman–Crippen MR) is 76.1 cm³/mol. The molecule has 0 bridgehead atoms. The lowest BCUT2D eigenvalue weighted by Gasteiger charge is -2.33. The van der Waals surface area contributed by atoms with Crippen LogP contribution in [0.1, 0.15) is 38.9 Å². The van der Waals surface area contributed by atoms with Crippen molar-refractivity contribution < 1.29 is 9.84 Å². The Bertz CT molecular complexity index is 352. The van der Waals surface area contributed by atoms with Gasteiger partial charge in [-0.15, -0.1) is 0 Å². The van der Waals surface area contributed by atoms with Crippen molar-refractivity contribution in [2.45, 2.75) is 39.3 Å². The van der Waals surface area contributed by atoms with Gasteiger partial charge in [0.05, 0.1) is 12.7 Å². The predicted octanol–water partition coefficient (Wildman–Crippen LogP) is 2.99. The summed E-state index contributed by atoms with van der Waals surface area (Å²) in [7, 11) is 1.72. The molecule has 1 N–H and O–H groups in total. The number of aliphatic hydroxyl groups excluding tert-OH is 1. The maximum absolute atomic E-state index is 9.88. The molecular weight excluding hydrogens is 226 g/mol. The van der Waals surface area contributed by atoms with E-state index in [0.717, 1.165) is 24.2 Å². The Labute approximate surface area is 110 Å². The number of hydrogen-bond acceptors (Lipinski definition) is 3. The molecule has 1 aromatic carbocycles. The minimum Gasteiger partial charge on any atom is -0.389 e. The van der Waals surface area contributed by atoms with Crippen LogP contribution in [-0.2, 0) is 4.74 Å². The maximum Gasteiger partial charge on any atom is 0.0781 e. The van der Waals surface area contributed by atoms with Gasteiger partial charge in [0.1, 0.15) is 0 Å². The average molecular weight is 251 g/mol. The molecule has 3 nitrogen and oxygen atoms in total. The molecule has 2 atom stereocenters. The van der Waals surface area contributed by atoms with Gasteiger partial charge in [-0.3, -0.25) is 0 Å². The standard InChI is InChI=1S/C15H25NO2/c1-5-12(2)16(10-11-18-4)15-9-7-6-8-14(15)13(3)17/h6-9,12-13,17H,5,10-11H2,1-4H3/t12?,13-/m0/s1. The van der Waals surface area contributed by atoms with Crippen molar-refractivity contribution in [3.8, 4) is 0 Å². The van der Waals surface area contributed by atoms with E-state index in [1.165, 1.54) is 0 Å². The Morgan fingerprint density at radius 3 is 2.50 bits per heavy atom. The van der Waals surface area contributed by atoms with E-state index in [1.807, 2.05) is 25.1 Å². The van der Waals surface area contributed by atoms with Crippen molar-refractivity contribution in [3.63, 3.8) is 0 Å². The van der Waals surface area contributed by atoms with Crippen LogP contribution in [0.3, 0.4) is 0 Å². The summed E-state index contributed by atoms with van der Waals surface area (Å²) in [6, 6.07) is 8.48. The van der Waals surface area contributed by atoms with Crippen LogP contribution >= 0.6 is 0 Å². The van der Waals surface area contributed by atoms with Crippen molar-refractivity contribution in [2.75, 3.05) is 25.2 Å². The zero-order chi connectivity index (χ0) is 13.5. The van der Waals surface area contributed by atoms with Gasteiger partial charge >= 0.3 is 0 Å². The van der Waals surface area contributed by atoms with Crippen LogP contribution in [0.4, 0.5) is 5.69 Å². The first-order valence-electron chi connectivity index (χ1n) is 6.64. The molecule has 0 saturated carbocycles. The van der Waals surface area contributed by atoms with E-state index in [9.17, 15) is 5.11 Å². The minimum atomic E-state index is -0.449.